The van der Waals surface area contributed by atoms with Crippen molar-refractivity contribution in [2.75, 3.05) is 5.73 Å². The van der Waals surface area contributed by atoms with E-state index in [2.05, 4.69) is 5.32 Å². The zero-order valence-corrected chi connectivity index (χ0v) is 15.8. The fourth-order valence-corrected chi connectivity index (χ4v) is 3.36. The number of hydrogen-bond donors (Lipinski definition) is 2. The Morgan fingerprint density at radius 3 is 2.58 bits per heavy atom. The molecule has 0 spiro atoms. The minimum atomic E-state index is -0.0739. The Morgan fingerprint density at radius 2 is 1.85 bits per heavy atom. The van der Waals surface area contributed by atoms with Crippen LogP contribution in [0.3, 0.4) is 0 Å². The average Bonchev–Trinajstić information content (AvgIpc) is 2.60. The molecule has 1 atom stereocenters. The molecule has 1 unspecified atom stereocenters. The van der Waals surface area contributed by atoms with Crippen LogP contribution in [0, 0.1) is 6.92 Å². The summed E-state index contributed by atoms with van der Waals surface area (Å²) in [6.45, 7) is 1.98. The first-order chi connectivity index (χ1) is 12.0. The van der Waals surface area contributed by atoms with Gasteiger partial charge < -0.3 is 11.1 Å². The van der Waals surface area contributed by atoms with Crippen molar-refractivity contribution in [1.82, 2.24) is 5.32 Å². The van der Waals surface area contributed by atoms with Gasteiger partial charge in [0.2, 0.25) is 5.91 Å². The molecule has 0 bridgehead atoms. The molecule has 3 rings (SSSR count). The van der Waals surface area contributed by atoms with Gasteiger partial charge in [0.1, 0.15) is 0 Å². The Morgan fingerprint density at radius 1 is 1.12 bits per heavy atom. The lowest BCUT2D eigenvalue weighted by Gasteiger charge is -2.26. The van der Waals surface area contributed by atoms with Gasteiger partial charge >= 0.3 is 0 Å². The molecule has 0 fully saturated rings. The number of carbonyl (C=O) groups excluding carboxylic acids is 2. The Labute approximate surface area is 160 Å². The second kappa shape index (κ2) is 8.86. The molecule has 1 amide bonds. The first-order valence-corrected chi connectivity index (χ1v) is 8.80. The summed E-state index contributed by atoms with van der Waals surface area (Å²) in [6.07, 6.45) is 3.40. The van der Waals surface area contributed by atoms with Crippen LogP contribution >= 0.6 is 12.4 Å². The summed E-state index contributed by atoms with van der Waals surface area (Å²) in [5, 5.41) is 3.08. The van der Waals surface area contributed by atoms with Crippen LogP contribution in [0.4, 0.5) is 5.69 Å². The second-order valence-electron chi connectivity index (χ2n) is 6.76. The second-order valence-corrected chi connectivity index (χ2v) is 6.76. The molecule has 1 aliphatic carbocycles. The van der Waals surface area contributed by atoms with Crippen LogP contribution in [0.2, 0.25) is 0 Å². The Kier molecular flexibility index (Phi) is 6.81. The number of nitrogens with two attached hydrogens (primary N) is 1. The van der Waals surface area contributed by atoms with Gasteiger partial charge in [-0.3, -0.25) is 9.59 Å². The highest BCUT2D eigenvalue weighted by atomic mass is 35.5. The molecule has 3 N–H and O–H groups in total. The molecule has 5 heteroatoms. The summed E-state index contributed by atoms with van der Waals surface area (Å²) < 4.78 is 0. The number of ketones is 1. The third-order valence-corrected chi connectivity index (χ3v) is 4.77. The number of amides is 1. The number of Topliss-reactive ketones (excluding diaryl/α,β-unsaturated/α-hetero) is 1. The van der Waals surface area contributed by atoms with Crippen molar-refractivity contribution in [1.29, 1.82) is 0 Å². The molecule has 26 heavy (non-hydrogen) atoms. The van der Waals surface area contributed by atoms with Crippen LogP contribution in [0.1, 0.15) is 58.8 Å². The zero-order valence-electron chi connectivity index (χ0n) is 15.0. The van der Waals surface area contributed by atoms with Gasteiger partial charge in [-0.25, -0.2) is 0 Å². The number of benzene rings is 2. The number of carbonyl (C=O) groups is 2. The topological polar surface area (TPSA) is 72.2 Å². The number of hydrogen-bond acceptors (Lipinski definition) is 3. The summed E-state index contributed by atoms with van der Waals surface area (Å²) in [4.78, 5) is 24.5. The minimum Gasteiger partial charge on any atom is -0.399 e. The normalized spacial score (nSPS) is 15.5. The van der Waals surface area contributed by atoms with Crippen molar-refractivity contribution in [3.63, 3.8) is 0 Å². The predicted octanol–water partition coefficient (Wildman–Crippen LogP) is 4.16. The maximum atomic E-state index is 12.3. The molecule has 2 aromatic rings. The number of halogens is 1. The third kappa shape index (κ3) is 4.85. The monoisotopic (exact) mass is 372 g/mol. The number of nitrogens with one attached hydrogen (secondary N) is 1. The third-order valence-electron chi connectivity index (χ3n) is 4.77. The van der Waals surface area contributed by atoms with E-state index in [0.717, 1.165) is 36.1 Å². The van der Waals surface area contributed by atoms with Gasteiger partial charge in [-0.1, -0.05) is 35.9 Å². The van der Waals surface area contributed by atoms with E-state index in [9.17, 15) is 9.59 Å². The summed E-state index contributed by atoms with van der Waals surface area (Å²) in [5.41, 5.74) is 10.8. The van der Waals surface area contributed by atoms with Crippen LogP contribution in [-0.4, -0.2) is 11.7 Å². The highest BCUT2D eigenvalue weighted by molar-refractivity contribution is 5.98. The first kappa shape index (κ1) is 20.0. The Balaban J connectivity index is 0.00000243. The van der Waals surface area contributed by atoms with Crippen molar-refractivity contribution in [2.24, 2.45) is 0 Å². The lowest BCUT2D eigenvalue weighted by atomic mass is 9.87. The Hall–Kier alpha value is -2.33. The van der Waals surface area contributed by atoms with Crippen molar-refractivity contribution in [3.8, 4) is 0 Å². The van der Waals surface area contributed by atoms with Gasteiger partial charge in [0.25, 0.3) is 0 Å². The predicted molar refractivity (Wildman–Crippen MR) is 107 cm³/mol. The maximum Gasteiger partial charge on any atom is 0.220 e. The fourth-order valence-electron chi connectivity index (χ4n) is 3.36. The van der Waals surface area contributed by atoms with E-state index in [4.69, 9.17) is 5.73 Å². The van der Waals surface area contributed by atoms with Gasteiger partial charge in [0.15, 0.2) is 5.78 Å². The van der Waals surface area contributed by atoms with E-state index >= 15 is 0 Å². The molecule has 0 heterocycles. The molecule has 138 valence electrons. The molecule has 2 aromatic carbocycles. The molecule has 0 aromatic heterocycles. The van der Waals surface area contributed by atoms with Crippen molar-refractivity contribution < 1.29 is 9.59 Å². The van der Waals surface area contributed by atoms with Crippen molar-refractivity contribution in [2.45, 2.75) is 45.1 Å². The molecule has 0 saturated carbocycles. The van der Waals surface area contributed by atoms with Crippen LogP contribution in [-0.2, 0) is 11.2 Å². The van der Waals surface area contributed by atoms with Crippen LogP contribution in [0.5, 0.6) is 0 Å². The smallest absolute Gasteiger partial charge is 0.220 e. The maximum absolute atomic E-state index is 12.3. The largest absolute Gasteiger partial charge is 0.399 e. The molecular weight excluding hydrogens is 348 g/mol. The Bertz CT molecular complexity index is 787. The molecule has 0 saturated heterocycles. The van der Waals surface area contributed by atoms with Gasteiger partial charge in [-0.2, -0.15) is 0 Å². The number of aryl methyl sites for hydroxylation is 2. The first-order valence-electron chi connectivity index (χ1n) is 8.80. The highest BCUT2D eigenvalue weighted by Crippen LogP contribution is 2.31. The standard InChI is InChI=1S/C21H24N2O2.ClH/c1-14-5-7-15(8-6-14)20(24)11-12-21(25)23-19-4-2-3-16-13-17(22)9-10-18(16)19;/h5-10,13,19H,2-4,11-12,22H2,1H3,(H,23,25);1H. The van der Waals surface area contributed by atoms with Crippen molar-refractivity contribution in [3.05, 3.63) is 64.7 Å². The van der Waals surface area contributed by atoms with E-state index < -0.39 is 0 Å². The average molecular weight is 373 g/mol. The molecule has 4 nitrogen and oxygen atoms in total. The van der Waals surface area contributed by atoms with Crippen LogP contribution in [0.15, 0.2) is 42.5 Å². The van der Waals surface area contributed by atoms with Crippen LogP contribution in [0.25, 0.3) is 0 Å². The summed E-state index contributed by atoms with van der Waals surface area (Å²) in [5.74, 6) is -0.0675. The van der Waals surface area contributed by atoms with Gasteiger partial charge in [-0.15, -0.1) is 12.4 Å². The van der Waals surface area contributed by atoms with E-state index in [1.807, 2.05) is 49.4 Å². The van der Waals surface area contributed by atoms with Gasteiger partial charge in [0, 0.05) is 24.1 Å². The number of anilines is 1. The molecule has 0 radical (unpaired) electrons. The van der Waals surface area contributed by atoms with E-state index in [-0.39, 0.29) is 43.0 Å². The SMILES string of the molecule is Cc1ccc(C(=O)CCC(=O)NC2CCCc3cc(N)ccc32)cc1.Cl. The lowest BCUT2D eigenvalue weighted by molar-refractivity contribution is -0.121. The summed E-state index contributed by atoms with van der Waals surface area (Å²) in [6, 6.07) is 13.4. The lowest BCUT2D eigenvalue weighted by Crippen LogP contribution is -2.31. The minimum absolute atomic E-state index is 0. The van der Waals surface area contributed by atoms with E-state index in [1.54, 1.807) is 0 Å². The van der Waals surface area contributed by atoms with Gasteiger partial charge in [0.05, 0.1) is 6.04 Å². The molecule has 1 aliphatic rings. The fraction of sp³-hybridized carbons (Fsp3) is 0.333. The molecule has 0 aliphatic heterocycles. The summed E-state index contributed by atoms with van der Waals surface area (Å²) in [7, 11) is 0. The quantitative estimate of drug-likeness (QED) is 0.611. The summed E-state index contributed by atoms with van der Waals surface area (Å²) >= 11 is 0. The highest BCUT2D eigenvalue weighted by Gasteiger charge is 2.22. The number of nitrogen functional groups attached to an aromatic ring is 1. The van der Waals surface area contributed by atoms with Gasteiger partial charge in [-0.05, 0) is 49.4 Å². The molecular formula is C21H25ClN2O2. The zero-order chi connectivity index (χ0) is 17.8. The number of rotatable bonds is 5. The van der Waals surface area contributed by atoms with E-state index in [0.29, 0.717) is 5.56 Å². The van der Waals surface area contributed by atoms with Crippen molar-refractivity contribution >= 4 is 29.8 Å². The van der Waals surface area contributed by atoms with Crippen LogP contribution < -0.4 is 11.1 Å². The van der Waals surface area contributed by atoms with E-state index in [1.165, 1.54) is 5.56 Å². The number of fused-ring (bicyclic) bond motifs is 1.